The van der Waals surface area contributed by atoms with E-state index in [1.165, 1.54) is 48.5 Å². The number of benzene rings is 4. The smallest absolute Gasteiger partial charge is 0.430 e. The van der Waals surface area contributed by atoms with Crippen LogP contribution >= 0.6 is 0 Å². The van der Waals surface area contributed by atoms with Crippen molar-refractivity contribution in [3.05, 3.63) is 130 Å². The molecule has 2 fully saturated rings. The molecule has 0 radical (unpaired) electrons. The molecule has 5 nitrogen and oxygen atoms in total. The number of hydrogen-bond acceptors (Lipinski definition) is 5. The number of halogens is 8. The summed E-state index contributed by atoms with van der Waals surface area (Å²) in [5.74, 6) is -4.64. The van der Waals surface area contributed by atoms with Crippen LogP contribution in [0.2, 0.25) is 0 Å². The van der Waals surface area contributed by atoms with Gasteiger partial charge in [0.2, 0.25) is 11.2 Å². The topological polar surface area (TPSA) is 52.8 Å². The Hall–Kier alpha value is -4.20. The fraction of sp³-hybridized carbons (Fsp3) is 0.250. The largest absolute Gasteiger partial charge is 0.434 e. The predicted molar refractivity (Wildman–Crippen MR) is 141 cm³/mol. The highest BCUT2D eigenvalue weighted by atomic mass is 19.3. The van der Waals surface area contributed by atoms with Crippen molar-refractivity contribution in [1.82, 2.24) is 0 Å². The summed E-state index contributed by atoms with van der Waals surface area (Å²) in [6.45, 7) is -0.918. The van der Waals surface area contributed by atoms with Crippen molar-refractivity contribution in [1.29, 1.82) is 0 Å². The average Bonchev–Trinajstić information content (AvgIpc) is 3.90. The molecule has 236 valence electrons. The Bertz CT molecular complexity index is 1560. The maximum atomic E-state index is 15.0. The van der Waals surface area contributed by atoms with Crippen LogP contribution in [0, 0.1) is 23.3 Å². The molecule has 2 atom stereocenters. The van der Waals surface area contributed by atoms with Gasteiger partial charge in [-0.3, -0.25) is 0 Å². The third-order valence-electron chi connectivity index (χ3n) is 7.41. The third-order valence-corrected chi connectivity index (χ3v) is 7.41. The molecule has 0 spiro atoms. The van der Waals surface area contributed by atoms with Crippen LogP contribution < -0.4 is 9.47 Å². The second-order valence-electron chi connectivity index (χ2n) is 10.5. The van der Waals surface area contributed by atoms with Crippen LogP contribution in [0.1, 0.15) is 22.3 Å². The summed E-state index contributed by atoms with van der Waals surface area (Å²) in [5, 5.41) is 0. The molecule has 4 aromatic carbocycles. The first-order chi connectivity index (χ1) is 21.3. The summed E-state index contributed by atoms with van der Waals surface area (Å²) in [6.07, 6.45) is -7.93. The SMILES string of the molecule is Fc1ccc(C2(C(F)(F)Oc3ccc(COCc4ccc(OC(F)(F)C5(c6ccc(F)cc6F)CO5)cc4)cc3)CO2)c(F)c1. The molecule has 0 aromatic heterocycles. The van der Waals surface area contributed by atoms with Gasteiger partial charge in [-0.25, -0.2) is 17.6 Å². The van der Waals surface area contributed by atoms with E-state index in [0.717, 1.165) is 24.3 Å². The lowest BCUT2D eigenvalue weighted by molar-refractivity contribution is -0.227. The zero-order chi connectivity index (χ0) is 32.0. The van der Waals surface area contributed by atoms with Gasteiger partial charge in [-0.1, -0.05) is 24.3 Å². The van der Waals surface area contributed by atoms with Gasteiger partial charge in [-0.15, -0.1) is 0 Å². The molecule has 0 amide bonds. The molecular formula is C32H22F8O5. The van der Waals surface area contributed by atoms with E-state index in [1.807, 2.05) is 0 Å². The molecule has 0 N–H and O–H groups in total. The average molecular weight is 639 g/mol. The van der Waals surface area contributed by atoms with Gasteiger partial charge in [0.25, 0.3) is 0 Å². The van der Waals surface area contributed by atoms with Crippen molar-refractivity contribution in [2.75, 3.05) is 13.2 Å². The van der Waals surface area contributed by atoms with E-state index < -0.39 is 71.0 Å². The second kappa shape index (κ2) is 11.3. The Morgan fingerprint density at radius 2 is 0.911 bits per heavy atom. The lowest BCUT2D eigenvalue weighted by Gasteiger charge is -2.25. The van der Waals surface area contributed by atoms with Crippen LogP contribution in [-0.2, 0) is 38.6 Å². The van der Waals surface area contributed by atoms with Crippen molar-refractivity contribution >= 4 is 0 Å². The van der Waals surface area contributed by atoms with Crippen LogP contribution in [0.3, 0.4) is 0 Å². The summed E-state index contributed by atoms with van der Waals surface area (Å²) < 4.78 is 140. The Morgan fingerprint density at radius 1 is 0.556 bits per heavy atom. The van der Waals surface area contributed by atoms with Crippen LogP contribution in [0.15, 0.2) is 84.9 Å². The Balaban J connectivity index is 1.01. The minimum absolute atomic E-state index is 0.0595. The molecule has 0 saturated carbocycles. The molecule has 2 unspecified atom stereocenters. The van der Waals surface area contributed by atoms with Crippen molar-refractivity contribution in [3.63, 3.8) is 0 Å². The standard InChI is InChI=1S/C32H22F8O5/c33-21-5-11-25(27(35)13-21)29(17-42-29)31(37,38)44-23-7-1-19(2-8-23)15-41-16-20-3-9-24(10-4-20)45-32(39,40)30(18-43-30)26-12-6-22(34)14-28(26)36/h1-14H,15-18H2. The number of epoxide rings is 2. The molecule has 6 rings (SSSR count). The molecule has 0 aliphatic carbocycles. The van der Waals surface area contributed by atoms with Gasteiger partial charge in [0.1, 0.15) is 34.8 Å². The van der Waals surface area contributed by atoms with Crippen molar-refractivity contribution < 1.29 is 58.8 Å². The normalized spacial score (nSPS) is 21.0. The zero-order valence-electron chi connectivity index (χ0n) is 23.0. The van der Waals surface area contributed by atoms with Crippen LogP contribution in [0.5, 0.6) is 11.5 Å². The molecule has 2 aliphatic rings. The summed E-state index contributed by atoms with van der Waals surface area (Å²) in [4.78, 5) is 0. The maximum Gasteiger partial charge on any atom is 0.434 e. The van der Waals surface area contributed by atoms with E-state index in [0.29, 0.717) is 23.3 Å². The number of rotatable bonds is 12. The van der Waals surface area contributed by atoms with Crippen molar-refractivity contribution in [3.8, 4) is 11.5 Å². The summed E-state index contributed by atoms with van der Waals surface area (Å²) >= 11 is 0. The van der Waals surface area contributed by atoms with E-state index in [9.17, 15) is 35.1 Å². The Labute approximate surface area is 250 Å². The summed E-state index contributed by atoms with van der Waals surface area (Å²) in [5.41, 5.74) is -4.61. The quantitative estimate of drug-likeness (QED) is 0.117. The Morgan fingerprint density at radius 3 is 1.22 bits per heavy atom. The van der Waals surface area contributed by atoms with E-state index in [1.54, 1.807) is 0 Å². The van der Waals surface area contributed by atoms with Gasteiger partial charge in [0, 0.05) is 23.3 Å². The monoisotopic (exact) mass is 638 g/mol. The van der Waals surface area contributed by atoms with Crippen molar-refractivity contribution in [2.24, 2.45) is 0 Å². The molecule has 2 saturated heterocycles. The van der Waals surface area contributed by atoms with Crippen LogP contribution in [0.25, 0.3) is 0 Å². The van der Waals surface area contributed by atoms with Gasteiger partial charge in [0.05, 0.1) is 26.4 Å². The van der Waals surface area contributed by atoms with E-state index in [2.05, 4.69) is 0 Å². The summed E-state index contributed by atoms with van der Waals surface area (Å²) in [6, 6.07) is 15.4. The molecule has 2 heterocycles. The fourth-order valence-electron chi connectivity index (χ4n) is 4.79. The van der Waals surface area contributed by atoms with Gasteiger partial charge in [-0.05, 0) is 59.7 Å². The van der Waals surface area contributed by atoms with Crippen molar-refractivity contribution in [2.45, 2.75) is 36.6 Å². The zero-order valence-corrected chi connectivity index (χ0v) is 23.0. The molecular weight excluding hydrogens is 616 g/mol. The number of hydrogen-bond donors (Lipinski definition) is 0. The minimum atomic E-state index is -3.97. The minimum Gasteiger partial charge on any atom is -0.430 e. The van der Waals surface area contributed by atoms with Gasteiger partial charge in [0.15, 0.2) is 0 Å². The first-order valence-electron chi connectivity index (χ1n) is 13.4. The first-order valence-corrected chi connectivity index (χ1v) is 13.4. The number of alkyl halides is 4. The predicted octanol–water partition coefficient (Wildman–Crippen LogP) is 7.75. The molecule has 2 aliphatic heterocycles. The number of ether oxygens (including phenoxy) is 5. The highest BCUT2D eigenvalue weighted by molar-refractivity contribution is 5.35. The molecule has 45 heavy (non-hydrogen) atoms. The van der Waals surface area contributed by atoms with Gasteiger partial charge < -0.3 is 23.7 Å². The lowest BCUT2D eigenvalue weighted by Crippen LogP contribution is -2.41. The fourth-order valence-corrected chi connectivity index (χ4v) is 4.79. The van der Waals surface area contributed by atoms with E-state index in [4.69, 9.17) is 23.7 Å². The van der Waals surface area contributed by atoms with Crippen LogP contribution in [-0.4, -0.2) is 25.4 Å². The third kappa shape index (κ3) is 5.95. The second-order valence-corrected chi connectivity index (χ2v) is 10.5. The van der Waals surface area contributed by atoms with Crippen LogP contribution in [0.4, 0.5) is 35.1 Å². The van der Waals surface area contributed by atoms with E-state index >= 15 is 0 Å². The van der Waals surface area contributed by atoms with Gasteiger partial charge in [-0.2, -0.15) is 17.6 Å². The highest BCUT2D eigenvalue weighted by Gasteiger charge is 2.70. The highest BCUT2D eigenvalue weighted by Crippen LogP contribution is 2.53. The molecule has 13 heteroatoms. The maximum absolute atomic E-state index is 15.0. The van der Waals surface area contributed by atoms with Gasteiger partial charge >= 0.3 is 12.2 Å². The first kappa shape index (κ1) is 30.8. The summed E-state index contributed by atoms with van der Waals surface area (Å²) in [7, 11) is 0. The molecule has 4 aromatic rings. The van der Waals surface area contributed by atoms with E-state index in [-0.39, 0.29) is 24.7 Å². The lowest BCUT2D eigenvalue weighted by atomic mass is 9.98. The molecule has 0 bridgehead atoms. The Kier molecular flexibility index (Phi) is 7.74.